The number of aromatic hydroxyl groups is 3. The molecule has 274 valence electrons. The van der Waals surface area contributed by atoms with Gasteiger partial charge in [-0.25, -0.2) is 0 Å². The Morgan fingerprint density at radius 2 is 1.32 bits per heavy atom. The first kappa shape index (κ1) is 35.3. The first-order valence-corrected chi connectivity index (χ1v) is 16.1. The monoisotopic (exact) mass is 728 g/mol. The zero-order valence-electron chi connectivity index (χ0n) is 27.9. The van der Waals surface area contributed by atoms with Gasteiger partial charge in [0.15, 0.2) is 16.4 Å². The van der Waals surface area contributed by atoms with Gasteiger partial charge in [-0.1, -0.05) is 0 Å². The number of hydrogen-bond acceptors (Lipinski definition) is 15. The molecule has 15 heteroatoms. The highest BCUT2D eigenvalue weighted by molar-refractivity contribution is 6.01. The van der Waals surface area contributed by atoms with E-state index < -0.39 is 65.4 Å². The molecule has 7 N–H and O–H groups in total. The predicted octanol–water partition coefficient (Wildman–Crippen LogP) is 3.21. The minimum Gasteiger partial charge on any atom is -0.507 e. The standard InChI is InChI=1S/C38H32O15/c1-48-18-6-3-16(4-7-18)27-14-25(44)33-23(42)12-22(41)31(37(33)52-27)20-9-17(5-8-26(20)49-2)28-13-24(43)32-21(40)10-19(11-29(32)51-28)50-38-36(47)35(46)34(45)30(15-39)53-38/h3-14,30,34-36,38-42,45-47H,15H2,1-2H3/t30-,34-,35-,36-,38-/m0/s1. The number of rotatable bonds is 8. The molecule has 0 saturated carbocycles. The van der Waals surface area contributed by atoms with Crippen LogP contribution in [0.5, 0.6) is 34.5 Å². The van der Waals surface area contributed by atoms with Crippen LogP contribution in [0.25, 0.3) is 55.7 Å². The van der Waals surface area contributed by atoms with Gasteiger partial charge in [0, 0.05) is 47.0 Å². The average molecular weight is 729 g/mol. The topological polar surface area (TPSA) is 239 Å². The number of phenolic OH excluding ortho intramolecular Hbond substituents is 3. The first-order chi connectivity index (χ1) is 25.4. The normalized spacial score (nSPS) is 20.1. The molecule has 7 rings (SSSR count). The van der Waals surface area contributed by atoms with Crippen molar-refractivity contribution in [3.05, 3.63) is 93.2 Å². The highest BCUT2D eigenvalue weighted by Crippen LogP contribution is 2.46. The Kier molecular flexibility index (Phi) is 9.19. The number of hydrogen-bond donors (Lipinski definition) is 7. The van der Waals surface area contributed by atoms with Gasteiger partial charge in [-0.2, -0.15) is 0 Å². The van der Waals surface area contributed by atoms with Crippen LogP contribution in [0.2, 0.25) is 0 Å². The Balaban J connectivity index is 1.34. The summed E-state index contributed by atoms with van der Waals surface area (Å²) in [6, 6.07) is 16.9. The second-order valence-corrected chi connectivity index (χ2v) is 12.2. The van der Waals surface area contributed by atoms with E-state index in [9.17, 15) is 45.3 Å². The minimum atomic E-state index is -1.74. The zero-order chi connectivity index (χ0) is 37.7. The SMILES string of the molecule is COc1ccc(-c2cc(=O)c3c(O)cc(O)c(-c4cc(-c5cc(=O)c6c(O)cc(O[C@H]7O[C@@H](CO)[C@H](O)[C@H](O)[C@@H]7O)cc6o5)ccc4OC)c3o2)cc1. The lowest BCUT2D eigenvalue weighted by Crippen LogP contribution is -2.60. The van der Waals surface area contributed by atoms with Crippen molar-refractivity contribution in [3.8, 4) is 68.3 Å². The summed E-state index contributed by atoms with van der Waals surface area (Å²) >= 11 is 0. The number of benzene rings is 4. The van der Waals surface area contributed by atoms with Crippen LogP contribution >= 0.6 is 0 Å². The van der Waals surface area contributed by atoms with Gasteiger partial charge in [0.1, 0.15) is 86.8 Å². The number of phenols is 3. The number of methoxy groups -OCH3 is 2. The van der Waals surface area contributed by atoms with Crippen LogP contribution in [0.1, 0.15) is 0 Å². The molecule has 1 saturated heterocycles. The average Bonchev–Trinajstić information content (AvgIpc) is 3.14. The summed E-state index contributed by atoms with van der Waals surface area (Å²) in [6.45, 7) is -0.691. The molecule has 0 radical (unpaired) electrons. The van der Waals surface area contributed by atoms with Crippen molar-refractivity contribution in [3.63, 3.8) is 0 Å². The van der Waals surface area contributed by atoms with E-state index in [1.807, 2.05) is 0 Å². The third-order valence-corrected chi connectivity index (χ3v) is 8.97. The highest BCUT2D eigenvalue weighted by atomic mass is 16.7. The van der Waals surface area contributed by atoms with E-state index in [-0.39, 0.29) is 61.6 Å². The predicted molar refractivity (Wildman–Crippen MR) is 187 cm³/mol. The summed E-state index contributed by atoms with van der Waals surface area (Å²) < 4.78 is 34.1. The maximum absolute atomic E-state index is 13.4. The van der Waals surface area contributed by atoms with Crippen molar-refractivity contribution in [1.82, 2.24) is 0 Å². The van der Waals surface area contributed by atoms with Gasteiger partial charge < -0.3 is 63.5 Å². The van der Waals surface area contributed by atoms with Crippen LogP contribution in [0.15, 0.2) is 91.2 Å². The maximum Gasteiger partial charge on any atom is 0.229 e. The zero-order valence-corrected chi connectivity index (χ0v) is 27.9. The minimum absolute atomic E-state index is 0.0139. The van der Waals surface area contributed by atoms with Crippen LogP contribution in [0.3, 0.4) is 0 Å². The van der Waals surface area contributed by atoms with Crippen LogP contribution in [-0.2, 0) is 4.74 Å². The van der Waals surface area contributed by atoms with Crippen LogP contribution < -0.4 is 25.1 Å². The molecule has 1 aliphatic rings. The Morgan fingerprint density at radius 3 is 2.00 bits per heavy atom. The summed E-state index contributed by atoms with van der Waals surface area (Å²) in [7, 11) is 2.89. The summed E-state index contributed by atoms with van der Waals surface area (Å²) in [5, 5.41) is 72.5. The fourth-order valence-electron chi connectivity index (χ4n) is 6.27. The molecular weight excluding hydrogens is 696 g/mol. The number of ether oxygens (including phenoxy) is 4. The van der Waals surface area contributed by atoms with E-state index in [2.05, 4.69) is 0 Å². The van der Waals surface area contributed by atoms with E-state index in [0.29, 0.717) is 11.3 Å². The van der Waals surface area contributed by atoms with E-state index in [0.717, 1.165) is 18.2 Å². The fourth-order valence-corrected chi connectivity index (χ4v) is 6.27. The van der Waals surface area contributed by atoms with Crippen molar-refractivity contribution < 1.29 is 63.5 Å². The smallest absolute Gasteiger partial charge is 0.229 e. The number of aliphatic hydroxyl groups excluding tert-OH is 4. The van der Waals surface area contributed by atoms with Gasteiger partial charge in [-0.15, -0.1) is 0 Å². The Morgan fingerprint density at radius 1 is 0.660 bits per heavy atom. The quantitative estimate of drug-likeness (QED) is 0.119. The van der Waals surface area contributed by atoms with E-state index in [1.54, 1.807) is 30.3 Å². The fraction of sp³-hybridized carbons (Fsp3) is 0.211. The van der Waals surface area contributed by atoms with Crippen molar-refractivity contribution in [1.29, 1.82) is 0 Å². The molecule has 0 unspecified atom stereocenters. The van der Waals surface area contributed by atoms with Gasteiger partial charge in [-0.3, -0.25) is 9.59 Å². The van der Waals surface area contributed by atoms with Gasteiger partial charge in [0.2, 0.25) is 6.29 Å². The van der Waals surface area contributed by atoms with Gasteiger partial charge in [0.25, 0.3) is 0 Å². The summed E-state index contributed by atoms with van der Waals surface area (Å²) in [5.74, 6) is -0.771. The summed E-state index contributed by atoms with van der Waals surface area (Å²) in [6.07, 6.45) is -7.93. The third kappa shape index (κ3) is 6.26. The molecule has 1 aliphatic heterocycles. The molecule has 53 heavy (non-hydrogen) atoms. The van der Waals surface area contributed by atoms with E-state index >= 15 is 0 Å². The lowest BCUT2D eigenvalue weighted by atomic mass is 9.96. The molecular formula is C38H32O15. The van der Waals surface area contributed by atoms with Crippen LogP contribution in [0.4, 0.5) is 0 Å². The van der Waals surface area contributed by atoms with Gasteiger partial charge in [-0.05, 0) is 42.5 Å². The molecule has 0 spiro atoms. The molecule has 0 amide bonds. The molecule has 2 aromatic heterocycles. The Bertz CT molecular complexity index is 2470. The van der Waals surface area contributed by atoms with Crippen molar-refractivity contribution in [2.45, 2.75) is 30.7 Å². The molecule has 1 fully saturated rings. The number of fused-ring (bicyclic) bond motifs is 2. The van der Waals surface area contributed by atoms with Crippen molar-refractivity contribution >= 4 is 21.9 Å². The second kappa shape index (κ2) is 13.8. The molecule has 6 aromatic rings. The summed E-state index contributed by atoms with van der Waals surface area (Å²) in [4.78, 5) is 26.7. The molecule has 4 aromatic carbocycles. The molecule has 3 heterocycles. The molecule has 0 bridgehead atoms. The Hall–Kier alpha value is -6.10. The van der Waals surface area contributed by atoms with Gasteiger partial charge >= 0.3 is 0 Å². The Labute approximate surface area is 298 Å². The third-order valence-electron chi connectivity index (χ3n) is 8.97. The van der Waals surface area contributed by atoms with E-state index in [1.165, 1.54) is 38.5 Å². The molecule has 0 aliphatic carbocycles. The van der Waals surface area contributed by atoms with Crippen molar-refractivity contribution in [2.75, 3.05) is 20.8 Å². The second-order valence-electron chi connectivity index (χ2n) is 12.2. The molecule has 15 nitrogen and oxygen atoms in total. The largest absolute Gasteiger partial charge is 0.507 e. The van der Waals surface area contributed by atoms with Gasteiger partial charge in [0.05, 0.1) is 26.4 Å². The molecule has 5 atom stereocenters. The van der Waals surface area contributed by atoms with Crippen LogP contribution in [0, 0.1) is 0 Å². The lowest BCUT2D eigenvalue weighted by molar-refractivity contribution is -0.277. The highest BCUT2D eigenvalue weighted by Gasteiger charge is 2.44. The van der Waals surface area contributed by atoms with Crippen molar-refractivity contribution in [2.24, 2.45) is 0 Å². The first-order valence-electron chi connectivity index (χ1n) is 16.1. The van der Waals surface area contributed by atoms with Crippen LogP contribution in [-0.4, -0.2) is 87.3 Å². The van der Waals surface area contributed by atoms with E-state index in [4.69, 9.17) is 27.8 Å². The summed E-state index contributed by atoms with van der Waals surface area (Å²) in [5.41, 5.74) is -0.595. The number of aliphatic hydroxyl groups is 4. The lowest BCUT2D eigenvalue weighted by Gasteiger charge is -2.39. The maximum atomic E-state index is 13.4.